The molecule has 0 unspecified atom stereocenters. The fraction of sp³-hybridized carbons (Fsp3) is 0.182. The molecule has 1 N–H and O–H groups in total. The summed E-state index contributed by atoms with van der Waals surface area (Å²) in [6.07, 6.45) is -0.113. The lowest BCUT2D eigenvalue weighted by atomic mass is 10.2. The summed E-state index contributed by atoms with van der Waals surface area (Å²) in [6, 6.07) is 7.18. The Labute approximate surface area is 86.1 Å². The second-order valence-corrected chi connectivity index (χ2v) is 3.16. The molecule has 78 valence electrons. The van der Waals surface area contributed by atoms with Crippen LogP contribution in [0, 0.1) is 0 Å². The summed E-state index contributed by atoms with van der Waals surface area (Å²) in [5.74, 6) is 0.138. The average Bonchev–Trinajstić information content (AvgIpc) is 2.58. The number of hydrogen-bond donors (Lipinski definition) is 1. The summed E-state index contributed by atoms with van der Waals surface area (Å²) in [4.78, 5) is 10.5. The molecule has 0 aliphatic carbocycles. The van der Waals surface area contributed by atoms with E-state index < -0.39 is 5.97 Å². The van der Waals surface area contributed by atoms with Gasteiger partial charge in [0.25, 0.3) is 0 Å². The van der Waals surface area contributed by atoms with E-state index in [1.165, 1.54) is 0 Å². The molecule has 2 aromatic rings. The van der Waals surface area contributed by atoms with Gasteiger partial charge < -0.3 is 14.3 Å². The van der Waals surface area contributed by atoms with Crippen LogP contribution in [-0.2, 0) is 11.2 Å². The zero-order chi connectivity index (χ0) is 10.8. The van der Waals surface area contributed by atoms with Gasteiger partial charge in [-0.2, -0.15) is 0 Å². The molecule has 0 aliphatic heterocycles. The molecule has 1 heterocycles. The quantitative estimate of drug-likeness (QED) is 0.835. The van der Waals surface area contributed by atoms with E-state index in [1.807, 2.05) is 12.1 Å². The minimum Gasteiger partial charge on any atom is -0.493 e. The van der Waals surface area contributed by atoms with Crippen LogP contribution in [0.2, 0.25) is 0 Å². The van der Waals surface area contributed by atoms with Crippen LogP contribution in [0.3, 0.4) is 0 Å². The highest BCUT2D eigenvalue weighted by atomic mass is 16.5. The fourth-order valence-electron chi connectivity index (χ4n) is 1.49. The van der Waals surface area contributed by atoms with Gasteiger partial charge in [0.15, 0.2) is 11.3 Å². The molecule has 2 rings (SSSR count). The Balaban J connectivity index is 2.50. The van der Waals surface area contributed by atoms with E-state index in [-0.39, 0.29) is 6.42 Å². The molecular formula is C11H10O4. The zero-order valence-corrected chi connectivity index (χ0v) is 8.19. The normalized spacial score (nSPS) is 10.5. The van der Waals surface area contributed by atoms with Crippen LogP contribution in [0.1, 0.15) is 5.76 Å². The highest BCUT2D eigenvalue weighted by Gasteiger charge is 2.10. The second kappa shape index (κ2) is 3.65. The third kappa shape index (κ3) is 1.79. The van der Waals surface area contributed by atoms with Crippen molar-refractivity contribution in [3.05, 3.63) is 30.0 Å². The Morgan fingerprint density at radius 3 is 3.00 bits per heavy atom. The van der Waals surface area contributed by atoms with Crippen molar-refractivity contribution in [3.63, 3.8) is 0 Å². The molecule has 0 bridgehead atoms. The lowest BCUT2D eigenvalue weighted by Gasteiger charge is -1.98. The first-order chi connectivity index (χ1) is 7.20. The van der Waals surface area contributed by atoms with Gasteiger partial charge in [0.2, 0.25) is 0 Å². The van der Waals surface area contributed by atoms with Gasteiger partial charge in [0.05, 0.1) is 7.11 Å². The van der Waals surface area contributed by atoms with E-state index in [2.05, 4.69) is 0 Å². The number of carboxylic acid groups (broad SMARTS) is 1. The van der Waals surface area contributed by atoms with E-state index in [0.29, 0.717) is 17.1 Å². The summed E-state index contributed by atoms with van der Waals surface area (Å²) in [7, 11) is 1.55. The molecule has 0 aliphatic rings. The number of benzene rings is 1. The average molecular weight is 206 g/mol. The summed E-state index contributed by atoms with van der Waals surface area (Å²) in [6.45, 7) is 0. The zero-order valence-electron chi connectivity index (χ0n) is 8.19. The van der Waals surface area contributed by atoms with E-state index in [4.69, 9.17) is 14.3 Å². The molecule has 0 saturated carbocycles. The van der Waals surface area contributed by atoms with Crippen molar-refractivity contribution >= 4 is 16.9 Å². The smallest absolute Gasteiger partial charge is 0.311 e. The SMILES string of the molecule is COc1cccc2cc(CC(=O)O)oc12. The van der Waals surface area contributed by atoms with Crippen LogP contribution in [0.5, 0.6) is 5.75 Å². The predicted molar refractivity (Wildman–Crippen MR) is 54.1 cm³/mol. The van der Waals surface area contributed by atoms with Crippen molar-refractivity contribution in [1.82, 2.24) is 0 Å². The number of aliphatic carboxylic acids is 1. The lowest BCUT2D eigenvalue weighted by molar-refractivity contribution is -0.136. The van der Waals surface area contributed by atoms with Gasteiger partial charge in [0.1, 0.15) is 12.2 Å². The van der Waals surface area contributed by atoms with Gasteiger partial charge in [-0.25, -0.2) is 0 Å². The van der Waals surface area contributed by atoms with Gasteiger partial charge in [-0.1, -0.05) is 12.1 Å². The van der Waals surface area contributed by atoms with Gasteiger partial charge in [-0.15, -0.1) is 0 Å². The fourth-order valence-corrected chi connectivity index (χ4v) is 1.49. The number of carboxylic acids is 1. The van der Waals surface area contributed by atoms with Crippen molar-refractivity contribution in [3.8, 4) is 5.75 Å². The molecule has 0 atom stereocenters. The first-order valence-corrected chi connectivity index (χ1v) is 4.48. The Bertz CT molecular complexity index is 498. The van der Waals surface area contributed by atoms with Crippen LogP contribution in [0.25, 0.3) is 11.0 Å². The van der Waals surface area contributed by atoms with Gasteiger partial charge >= 0.3 is 5.97 Å². The predicted octanol–water partition coefficient (Wildman–Crippen LogP) is 2.07. The standard InChI is InChI=1S/C11H10O4/c1-14-9-4-2-3-7-5-8(6-10(12)13)15-11(7)9/h2-5H,6H2,1H3,(H,12,13). The van der Waals surface area contributed by atoms with Crippen LogP contribution < -0.4 is 4.74 Å². The number of rotatable bonds is 3. The van der Waals surface area contributed by atoms with Crippen molar-refractivity contribution in [2.45, 2.75) is 6.42 Å². The molecule has 4 nitrogen and oxygen atoms in total. The Morgan fingerprint density at radius 1 is 1.53 bits per heavy atom. The molecule has 0 fully saturated rings. The van der Waals surface area contributed by atoms with E-state index >= 15 is 0 Å². The highest BCUT2D eigenvalue weighted by Crippen LogP contribution is 2.28. The maximum Gasteiger partial charge on any atom is 0.311 e. The van der Waals surface area contributed by atoms with Crippen molar-refractivity contribution in [2.24, 2.45) is 0 Å². The summed E-state index contributed by atoms with van der Waals surface area (Å²) < 4.78 is 10.5. The molecule has 1 aromatic heterocycles. The number of fused-ring (bicyclic) bond motifs is 1. The molecular weight excluding hydrogens is 196 g/mol. The Hall–Kier alpha value is -1.97. The number of methoxy groups -OCH3 is 1. The van der Waals surface area contributed by atoms with Crippen LogP contribution in [0.4, 0.5) is 0 Å². The topological polar surface area (TPSA) is 59.7 Å². The number of ether oxygens (including phenoxy) is 1. The van der Waals surface area contributed by atoms with E-state index in [1.54, 1.807) is 19.2 Å². The first-order valence-electron chi connectivity index (χ1n) is 4.48. The number of furan rings is 1. The number of para-hydroxylation sites is 1. The van der Waals surface area contributed by atoms with Crippen LogP contribution in [-0.4, -0.2) is 18.2 Å². The molecule has 0 amide bonds. The first kappa shape index (κ1) is 9.58. The molecule has 4 heteroatoms. The lowest BCUT2D eigenvalue weighted by Crippen LogP contribution is -1.97. The maximum absolute atomic E-state index is 10.5. The van der Waals surface area contributed by atoms with Crippen LogP contribution >= 0.6 is 0 Å². The molecule has 0 saturated heterocycles. The van der Waals surface area contributed by atoms with E-state index in [9.17, 15) is 4.79 Å². The molecule has 1 aromatic carbocycles. The molecule has 15 heavy (non-hydrogen) atoms. The Kier molecular flexibility index (Phi) is 2.33. The third-order valence-corrected chi connectivity index (χ3v) is 2.10. The summed E-state index contributed by atoms with van der Waals surface area (Å²) in [5.41, 5.74) is 0.594. The van der Waals surface area contributed by atoms with Crippen molar-refractivity contribution < 1.29 is 19.1 Å². The summed E-state index contributed by atoms with van der Waals surface area (Å²) >= 11 is 0. The third-order valence-electron chi connectivity index (χ3n) is 2.10. The van der Waals surface area contributed by atoms with Crippen LogP contribution in [0.15, 0.2) is 28.7 Å². The highest BCUT2D eigenvalue weighted by molar-refractivity contribution is 5.84. The van der Waals surface area contributed by atoms with Crippen molar-refractivity contribution in [2.75, 3.05) is 7.11 Å². The Morgan fingerprint density at radius 2 is 2.33 bits per heavy atom. The molecule has 0 radical (unpaired) electrons. The minimum absolute atomic E-state index is 0.113. The van der Waals surface area contributed by atoms with Gasteiger partial charge in [0, 0.05) is 5.39 Å². The summed E-state index contributed by atoms with van der Waals surface area (Å²) in [5, 5.41) is 9.48. The largest absolute Gasteiger partial charge is 0.493 e. The number of carbonyl (C=O) groups is 1. The van der Waals surface area contributed by atoms with Crippen molar-refractivity contribution in [1.29, 1.82) is 0 Å². The number of hydrogen-bond acceptors (Lipinski definition) is 3. The van der Waals surface area contributed by atoms with Gasteiger partial charge in [-0.05, 0) is 12.1 Å². The monoisotopic (exact) mass is 206 g/mol. The second-order valence-electron chi connectivity index (χ2n) is 3.16. The molecule has 0 spiro atoms. The minimum atomic E-state index is -0.909. The maximum atomic E-state index is 10.5. The van der Waals surface area contributed by atoms with Gasteiger partial charge in [-0.3, -0.25) is 4.79 Å². The van der Waals surface area contributed by atoms with E-state index in [0.717, 1.165) is 5.39 Å².